The normalized spacial score (nSPS) is 29.8. The van der Waals surface area contributed by atoms with Crippen molar-refractivity contribution in [3.63, 3.8) is 0 Å². The Kier molecular flexibility index (Phi) is 2.11. The number of amides is 1. The molecule has 3 fully saturated rings. The fourth-order valence-electron chi connectivity index (χ4n) is 3.53. The molecule has 1 N–H and O–H groups in total. The van der Waals surface area contributed by atoms with E-state index in [1.165, 1.54) is 25.7 Å². The average molecular weight is 224 g/mol. The molecule has 0 unspecified atom stereocenters. The van der Waals surface area contributed by atoms with E-state index in [0.717, 1.165) is 19.6 Å². The summed E-state index contributed by atoms with van der Waals surface area (Å²) in [6, 6.07) is 0. The maximum atomic E-state index is 11.7. The van der Waals surface area contributed by atoms with Crippen LogP contribution in [0.5, 0.6) is 0 Å². The zero-order valence-electron chi connectivity index (χ0n) is 9.91. The van der Waals surface area contributed by atoms with Crippen LogP contribution in [-0.4, -0.2) is 58.1 Å². The summed E-state index contributed by atoms with van der Waals surface area (Å²) in [4.78, 5) is 16.2. The lowest BCUT2D eigenvalue weighted by Gasteiger charge is -2.48. The van der Waals surface area contributed by atoms with Crippen molar-refractivity contribution in [3.8, 4) is 0 Å². The van der Waals surface area contributed by atoms with Crippen molar-refractivity contribution in [3.05, 3.63) is 0 Å². The molecule has 4 nitrogen and oxygen atoms in total. The maximum absolute atomic E-state index is 11.7. The van der Waals surface area contributed by atoms with E-state index in [9.17, 15) is 4.79 Å². The summed E-state index contributed by atoms with van der Waals surface area (Å²) in [5.41, 5.74) is 0.544. The number of piperazine rings is 1. The molecule has 3 aliphatic rings. The van der Waals surface area contributed by atoms with Crippen LogP contribution in [0, 0.1) is 0 Å². The van der Waals surface area contributed by atoms with Gasteiger partial charge in [0.1, 0.15) is 6.61 Å². The number of nitrogens with zero attached hydrogens (tertiary/aromatic N) is 2. The molecule has 0 aromatic rings. The minimum atomic E-state index is -0.335. The monoisotopic (exact) mass is 224 g/mol. The molecule has 0 atom stereocenters. The Morgan fingerprint density at radius 3 is 2.00 bits per heavy atom. The van der Waals surface area contributed by atoms with Gasteiger partial charge in [-0.25, -0.2) is 0 Å². The molecule has 0 radical (unpaired) electrons. The number of carbonyl (C=O) groups excluding carboxylic acids is 1. The van der Waals surface area contributed by atoms with Gasteiger partial charge < -0.3 is 10.0 Å². The highest BCUT2D eigenvalue weighted by Gasteiger charge is 2.63. The van der Waals surface area contributed by atoms with E-state index in [4.69, 9.17) is 5.11 Å². The van der Waals surface area contributed by atoms with E-state index in [0.29, 0.717) is 0 Å². The zero-order chi connectivity index (χ0) is 11.4. The molecule has 16 heavy (non-hydrogen) atoms. The van der Waals surface area contributed by atoms with Crippen LogP contribution in [0.25, 0.3) is 0 Å². The quantitative estimate of drug-likeness (QED) is 0.729. The molecule has 4 heteroatoms. The summed E-state index contributed by atoms with van der Waals surface area (Å²) in [6.07, 6.45) is 4.88. The predicted octanol–water partition coefficient (Wildman–Crippen LogP) is 0.208. The number of likely N-dealkylation sites (N-methyl/N-ethyl adjacent to an activating group) is 1. The zero-order valence-corrected chi connectivity index (χ0v) is 9.91. The molecule has 3 rings (SSSR count). The summed E-state index contributed by atoms with van der Waals surface area (Å²) in [7, 11) is 0. The van der Waals surface area contributed by atoms with Gasteiger partial charge in [-0.15, -0.1) is 0 Å². The third-order valence-electron chi connectivity index (χ3n) is 4.57. The van der Waals surface area contributed by atoms with Crippen molar-refractivity contribution in [1.82, 2.24) is 9.80 Å². The Balaban J connectivity index is 1.83. The minimum Gasteiger partial charge on any atom is -0.387 e. The van der Waals surface area contributed by atoms with Gasteiger partial charge in [0.05, 0.1) is 0 Å². The lowest BCUT2D eigenvalue weighted by molar-refractivity contribution is -0.140. The van der Waals surface area contributed by atoms with Gasteiger partial charge in [-0.3, -0.25) is 9.69 Å². The lowest BCUT2D eigenvalue weighted by Crippen LogP contribution is -2.63. The number of aliphatic hydroxyl groups excluding tert-OH is 1. The van der Waals surface area contributed by atoms with Crippen LogP contribution in [0.3, 0.4) is 0 Å². The highest BCUT2D eigenvalue weighted by atomic mass is 16.3. The van der Waals surface area contributed by atoms with Crippen molar-refractivity contribution in [2.75, 3.05) is 26.2 Å². The molecule has 0 bridgehead atoms. The fourth-order valence-corrected chi connectivity index (χ4v) is 3.53. The predicted molar refractivity (Wildman–Crippen MR) is 60.0 cm³/mol. The van der Waals surface area contributed by atoms with Crippen LogP contribution in [-0.2, 0) is 4.79 Å². The first-order valence-electron chi connectivity index (χ1n) is 6.32. The Hall–Kier alpha value is -0.610. The molecule has 0 aromatic heterocycles. The molecular formula is C12H20N2O2. The van der Waals surface area contributed by atoms with Crippen LogP contribution in [0.4, 0.5) is 0 Å². The molecule has 2 saturated carbocycles. The van der Waals surface area contributed by atoms with Crippen molar-refractivity contribution >= 4 is 5.91 Å². The van der Waals surface area contributed by atoms with Gasteiger partial charge >= 0.3 is 0 Å². The lowest BCUT2D eigenvalue weighted by atomic mass is 10.0. The van der Waals surface area contributed by atoms with E-state index in [-0.39, 0.29) is 23.6 Å². The smallest absolute Gasteiger partial charge is 0.248 e. The number of hydrogen-bond acceptors (Lipinski definition) is 3. The summed E-state index contributed by atoms with van der Waals surface area (Å²) < 4.78 is 0. The molecule has 2 aliphatic carbocycles. The van der Waals surface area contributed by atoms with Gasteiger partial charge in [-0.2, -0.15) is 0 Å². The molecule has 1 saturated heterocycles. The average Bonchev–Trinajstić information content (AvgIpc) is 3.18. The first-order chi connectivity index (χ1) is 7.66. The highest BCUT2D eigenvalue weighted by molar-refractivity contribution is 5.77. The third-order valence-corrected chi connectivity index (χ3v) is 4.57. The Bertz CT molecular complexity index is 299. The first-order valence-corrected chi connectivity index (χ1v) is 6.32. The van der Waals surface area contributed by atoms with E-state index < -0.39 is 0 Å². The Morgan fingerprint density at radius 2 is 1.69 bits per heavy atom. The molecule has 1 amide bonds. The standard InChI is InChI=1S/C12H20N2O2/c1-2-14-11(3-4-11)8-13(10(16)7-15)9-12(14)5-6-12/h15H,2-9H2,1H3. The molecule has 1 aliphatic heterocycles. The first kappa shape index (κ1) is 10.5. The minimum absolute atomic E-state index is 0.0895. The largest absolute Gasteiger partial charge is 0.387 e. The van der Waals surface area contributed by atoms with E-state index >= 15 is 0 Å². The van der Waals surface area contributed by atoms with Gasteiger partial charge in [0.15, 0.2) is 0 Å². The van der Waals surface area contributed by atoms with Crippen LogP contribution in [0.1, 0.15) is 32.6 Å². The SMILES string of the molecule is CCN1C2(CC2)CN(C(=O)CO)CC12CC2. The van der Waals surface area contributed by atoms with Crippen molar-refractivity contribution in [2.45, 2.75) is 43.7 Å². The third kappa shape index (κ3) is 1.32. The van der Waals surface area contributed by atoms with Crippen LogP contribution < -0.4 is 0 Å². The van der Waals surface area contributed by atoms with Gasteiger partial charge in [-0.1, -0.05) is 6.92 Å². The maximum Gasteiger partial charge on any atom is 0.248 e. The molecule has 0 aromatic carbocycles. The second-order valence-electron chi connectivity index (χ2n) is 5.60. The van der Waals surface area contributed by atoms with Crippen LogP contribution in [0.2, 0.25) is 0 Å². The number of carbonyl (C=O) groups is 1. The second-order valence-corrected chi connectivity index (χ2v) is 5.60. The molecule has 90 valence electrons. The summed E-state index contributed by atoms with van der Waals surface area (Å²) >= 11 is 0. The summed E-state index contributed by atoms with van der Waals surface area (Å²) in [5, 5.41) is 8.99. The van der Waals surface area contributed by atoms with Gasteiger partial charge in [-0.05, 0) is 32.2 Å². The summed E-state index contributed by atoms with van der Waals surface area (Å²) in [5.74, 6) is -0.0895. The second kappa shape index (κ2) is 3.20. The van der Waals surface area contributed by atoms with Gasteiger partial charge in [0, 0.05) is 24.2 Å². The van der Waals surface area contributed by atoms with Crippen molar-refractivity contribution in [1.29, 1.82) is 0 Å². The van der Waals surface area contributed by atoms with E-state index in [1.807, 2.05) is 4.90 Å². The van der Waals surface area contributed by atoms with E-state index in [1.54, 1.807) is 0 Å². The van der Waals surface area contributed by atoms with Gasteiger partial charge in [0.25, 0.3) is 0 Å². The number of aliphatic hydroxyl groups is 1. The Morgan fingerprint density at radius 1 is 1.19 bits per heavy atom. The van der Waals surface area contributed by atoms with Crippen molar-refractivity contribution < 1.29 is 9.90 Å². The fraction of sp³-hybridized carbons (Fsp3) is 0.917. The summed E-state index contributed by atoms with van der Waals surface area (Å²) in [6.45, 7) is 4.66. The molecule has 2 spiro atoms. The van der Waals surface area contributed by atoms with Crippen molar-refractivity contribution in [2.24, 2.45) is 0 Å². The highest BCUT2D eigenvalue weighted by Crippen LogP contribution is 2.56. The van der Waals surface area contributed by atoms with E-state index in [2.05, 4.69) is 11.8 Å². The molecule has 1 heterocycles. The van der Waals surface area contributed by atoms with Crippen LogP contribution in [0.15, 0.2) is 0 Å². The number of hydrogen-bond donors (Lipinski definition) is 1. The topological polar surface area (TPSA) is 43.8 Å². The van der Waals surface area contributed by atoms with Gasteiger partial charge in [0.2, 0.25) is 5.91 Å². The number of rotatable bonds is 2. The molecular weight excluding hydrogens is 204 g/mol. The van der Waals surface area contributed by atoms with Crippen LogP contribution >= 0.6 is 0 Å². The Labute approximate surface area is 96.2 Å².